The van der Waals surface area contributed by atoms with Crippen LogP contribution in [0, 0.1) is 11.6 Å². The van der Waals surface area contributed by atoms with Crippen molar-refractivity contribution in [3.63, 3.8) is 0 Å². The molecule has 1 saturated heterocycles. The number of halogens is 2. The van der Waals surface area contributed by atoms with E-state index in [0.29, 0.717) is 18.9 Å². The van der Waals surface area contributed by atoms with Crippen LogP contribution >= 0.6 is 11.8 Å². The zero-order valence-corrected chi connectivity index (χ0v) is 11.1. The lowest BCUT2D eigenvalue weighted by Crippen LogP contribution is -2.45. The zero-order valence-electron chi connectivity index (χ0n) is 10.3. The summed E-state index contributed by atoms with van der Waals surface area (Å²) in [4.78, 5) is 11.8. The third-order valence-electron chi connectivity index (χ3n) is 3.13. The molecule has 1 aliphatic rings. The number of hydrogen-bond acceptors (Lipinski definition) is 3. The van der Waals surface area contributed by atoms with Crippen LogP contribution in [0.1, 0.15) is 23.2 Å². The SMILES string of the molecule is O=C(NCC1(O)CCSCC1)c1cc(F)cc(F)c1. The van der Waals surface area contributed by atoms with Crippen LogP contribution < -0.4 is 5.32 Å². The molecular formula is C13H15F2NO2S. The van der Waals surface area contributed by atoms with Gasteiger partial charge in [-0.15, -0.1) is 0 Å². The molecule has 1 aromatic rings. The Labute approximate surface area is 114 Å². The predicted molar refractivity (Wildman–Crippen MR) is 70.2 cm³/mol. The maximum Gasteiger partial charge on any atom is 0.251 e. The average molecular weight is 287 g/mol. The predicted octanol–water partition coefficient (Wildman–Crippen LogP) is 1.95. The molecule has 2 N–H and O–H groups in total. The first-order valence-corrected chi connectivity index (χ1v) is 7.18. The van der Waals surface area contributed by atoms with E-state index in [4.69, 9.17) is 0 Å². The molecule has 1 heterocycles. The van der Waals surface area contributed by atoms with Crippen molar-refractivity contribution in [3.8, 4) is 0 Å². The van der Waals surface area contributed by atoms with Crippen LogP contribution in [0.5, 0.6) is 0 Å². The lowest BCUT2D eigenvalue weighted by Gasteiger charge is -2.31. The summed E-state index contributed by atoms with van der Waals surface area (Å²) in [6.07, 6.45) is 1.21. The lowest BCUT2D eigenvalue weighted by molar-refractivity contribution is 0.0311. The molecule has 0 aromatic heterocycles. The van der Waals surface area contributed by atoms with Crippen molar-refractivity contribution in [2.45, 2.75) is 18.4 Å². The van der Waals surface area contributed by atoms with Crippen molar-refractivity contribution in [1.82, 2.24) is 5.32 Å². The van der Waals surface area contributed by atoms with Gasteiger partial charge in [-0.2, -0.15) is 11.8 Å². The molecule has 0 unspecified atom stereocenters. The van der Waals surface area contributed by atoms with Crippen LogP contribution in [0.2, 0.25) is 0 Å². The summed E-state index contributed by atoms with van der Waals surface area (Å²) >= 11 is 1.76. The third-order valence-corrected chi connectivity index (χ3v) is 4.11. The molecular weight excluding hydrogens is 272 g/mol. The van der Waals surface area contributed by atoms with Gasteiger partial charge in [0, 0.05) is 18.2 Å². The van der Waals surface area contributed by atoms with E-state index in [2.05, 4.69) is 5.32 Å². The van der Waals surface area contributed by atoms with Crippen LogP contribution in [0.15, 0.2) is 18.2 Å². The lowest BCUT2D eigenvalue weighted by atomic mass is 9.97. The van der Waals surface area contributed by atoms with E-state index in [9.17, 15) is 18.7 Å². The number of nitrogens with one attached hydrogen (secondary N) is 1. The third kappa shape index (κ3) is 3.91. The van der Waals surface area contributed by atoms with Crippen LogP contribution in [-0.2, 0) is 0 Å². The Bertz CT molecular complexity index is 455. The average Bonchev–Trinajstić information content (AvgIpc) is 2.36. The fourth-order valence-corrected chi connectivity index (χ4v) is 3.21. The first-order chi connectivity index (χ1) is 8.98. The molecule has 3 nitrogen and oxygen atoms in total. The Hall–Kier alpha value is -1.14. The van der Waals surface area contributed by atoms with Gasteiger partial charge in [-0.1, -0.05) is 0 Å². The van der Waals surface area contributed by atoms with Gasteiger partial charge < -0.3 is 10.4 Å². The van der Waals surface area contributed by atoms with Crippen molar-refractivity contribution in [2.75, 3.05) is 18.1 Å². The van der Waals surface area contributed by atoms with Crippen molar-refractivity contribution in [1.29, 1.82) is 0 Å². The van der Waals surface area contributed by atoms with Crippen LogP contribution in [-0.4, -0.2) is 34.7 Å². The minimum Gasteiger partial charge on any atom is -0.388 e. The van der Waals surface area contributed by atoms with Gasteiger partial charge in [-0.3, -0.25) is 4.79 Å². The van der Waals surface area contributed by atoms with Crippen LogP contribution in [0.4, 0.5) is 8.78 Å². The molecule has 19 heavy (non-hydrogen) atoms. The summed E-state index contributed by atoms with van der Waals surface area (Å²) in [7, 11) is 0. The van der Waals surface area contributed by atoms with Gasteiger partial charge in [0.05, 0.1) is 5.60 Å². The van der Waals surface area contributed by atoms with Crippen molar-refractivity contribution < 1.29 is 18.7 Å². The molecule has 104 valence electrons. The second-order valence-corrected chi connectivity index (χ2v) is 5.90. The van der Waals surface area contributed by atoms with Gasteiger partial charge in [0.25, 0.3) is 5.91 Å². The Kier molecular flexibility index (Phi) is 4.42. The molecule has 6 heteroatoms. The monoisotopic (exact) mass is 287 g/mol. The standard InChI is InChI=1S/C13H15F2NO2S/c14-10-5-9(6-11(15)7-10)12(17)16-8-13(18)1-3-19-4-2-13/h5-7,18H,1-4,8H2,(H,16,17). The molecule has 1 amide bonds. The molecule has 2 rings (SSSR count). The second kappa shape index (κ2) is 5.88. The first-order valence-electron chi connectivity index (χ1n) is 6.03. The number of carbonyl (C=O) groups excluding carboxylic acids is 1. The number of thioether (sulfide) groups is 1. The minimum absolute atomic E-state index is 0.0775. The minimum atomic E-state index is -0.910. The molecule has 0 radical (unpaired) electrons. The molecule has 0 atom stereocenters. The van der Waals surface area contributed by atoms with Gasteiger partial charge in [0.2, 0.25) is 0 Å². The molecule has 1 fully saturated rings. The van der Waals surface area contributed by atoms with E-state index in [-0.39, 0.29) is 12.1 Å². The van der Waals surface area contributed by atoms with Gasteiger partial charge in [-0.25, -0.2) is 8.78 Å². The molecule has 0 spiro atoms. The molecule has 1 aliphatic heterocycles. The van der Waals surface area contributed by atoms with Crippen molar-refractivity contribution in [3.05, 3.63) is 35.4 Å². The Balaban J connectivity index is 1.97. The molecule has 0 bridgehead atoms. The van der Waals surface area contributed by atoms with Gasteiger partial charge >= 0.3 is 0 Å². The smallest absolute Gasteiger partial charge is 0.251 e. The first kappa shape index (κ1) is 14.3. The van der Waals surface area contributed by atoms with E-state index in [1.54, 1.807) is 11.8 Å². The summed E-state index contributed by atoms with van der Waals surface area (Å²) < 4.78 is 26.0. The maximum atomic E-state index is 13.0. The van der Waals surface area contributed by atoms with Crippen LogP contribution in [0.25, 0.3) is 0 Å². The number of carbonyl (C=O) groups is 1. The summed E-state index contributed by atoms with van der Waals surface area (Å²) in [5.41, 5.74) is -0.987. The summed E-state index contributed by atoms with van der Waals surface area (Å²) in [6, 6.07) is 2.65. The number of amides is 1. The number of hydrogen-bond donors (Lipinski definition) is 2. The fraction of sp³-hybridized carbons (Fsp3) is 0.462. The topological polar surface area (TPSA) is 49.3 Å². The normalized spacial score (nSPS) is 18.1. The van der Waals surface area contributed by atoms with E-state index < -0.39 is 23.1 Å². The van der Waals surface area contributed by atoms with Crippen LogP contribution in [0.3, 0.4) is 0 Å². The number of benzene rings is 1. The van der Waals surface area contributed by atoms with E-state index >= 15 is 0 Å². The zero-order chi connectivity index (χ0) is 13.9. The Morgan fingerprint density at radius 3 is 2.42 bits per heavy atom. The Morgan fingerprint density at radius 2 is 1.84 bits per heavy atom. The number of rotatable bonds is 3. The molecule has 1 aromatic carbocycles. The van der Waals surface area contributed by atoms with Gasteiger partial charge in [0.15, 0.2) is 0 Å². The highest BCUT2D eigenvalue weighted by atomic mass is 32.2. The number of aliphatic hydroxyl groups is 1. The second-order valence-electron chi connectivity index (χ2n) is 4.68. The molecule has 0 saturated carbocycles. The maximum absolute atomic E-state index is 13.0. The van der Waals surface area contributed by atoms with Gasteiger partial charge in [-0.05, 0) is 36.5 Å². The highest BCUT2D eigenvalue weighted by Gasteiger charge is 2.29. The van der Waals surface area contributed by atoms with Crippen molar-refractivity contribution >= 4 is 17.7 Å². The van der Waals surface area contributed by atoms with E-state index in [1.807, 2.05) is 0 Å². The quantitative estimate of drug-likeness (QED) is 0.893. The summed E-state index contributed by atoms with van der Waals surface area (Å²) in [5, 5.41) is 12.7. The van der Waals surface area contributed by atoms with Crippen molar-refractivity contribution in [2.24, 2.45) is 0 Å². The highest BCUT2D eigenvalue weighted by molar-refractivity contribution is 7.99. The van der Waals surface area contributed by atoms with E-state index in [1.165, 1.54) is 0 Å². The largest absolute Gasteiger partial charge is 0.388 e. The molecule has 0 aliphatic carbocycles. The Morgan fingerprint density at radius 1 is 1.26 bits per heavy atom. The fourth-order valence-electron chi connectivity index (χ4n) is 1.96. The summed E-state index contributed by atoms with van der Waals surface area (Å²) in [5.74, 6) is -0.469. The van der Waals surface area contributed by atoms with E-state index in [0.717, 1.165) is 23.6 Å². The highest BCUT2D eigenvalue weighted by Crippen LogP contribution is 2.26. The van der Waals surface area contributed by atoms with Gasteiger partial charge in [0.1, 0.15) is 11.6 Å². The summed E-state index contributed by atoms with van der Waals surface area (Å²) in [6.45, 7) is 0.102.